The first-order valence-corrected chi connectivity index (χ1v) is 15.6. The third-order valence-electron chi connectivity index (χ3n) is 7.66. The van der Waals surface area contributed by atoms with Crippen LogP contribution in [-0.2, 0) is 33.4 Å². The highest BCUT2D eigenvalue weighted by Gasteiger charge is 2.33. The topological polar surface area (TPSA) is 175 Å². The van der Waals surface area contributed by atoms with Crippen molar-refractivity contribution in [2.45, 2.75) is 57.8 Å². The van der Waals surface area contributed by atoms with E-state index >= 15 is 4.39 Å². The Morgan fingerprint density at radius 2 is 1.98 bits per heavy atom. The molecule has 47 heavy (non-hydrogen) atoms. The van der Waals surface area contributed by atoms with Gasteiger partial charge in [0.2, 0.25) is 12.3 Å². The molecule has 3 aliphatic rings. The van der Waals surface area contributed by atoms with Crippen LogP contribution in [-0.4, -0.2) is 104 Å². The molecule has 4 heterocycles. The number of nitrogens with two attached hydrogens (primary N) is 1. The fraction of sp³-hybridized carbons (Fsp3) is 0.500. The van der Waals surface area contributed by atoms with Crippen molar-refractivity contribution in [3.63, 3.8) is 0 Å². The molecule has 1 aromatic carbocycles. The van der Waals surface area contributed by atoms with Gasteiger partial charge in [-0.25, -0.2) is 9.18 Å². The lowest BCUT2D eigenvalue weighted by Crippen LogP contribution is -2.43. The molecule has 0 radical (unpaired) electrons. The first-order valence-electron chi connectivity index (χ1n) is 15.6. The molecule has 5 rings (SSSR count). The zero-order valence-electron chi connectivity index (χ0n) is 26.6. The summed E-state index contributed by atoms with van der Waals surface area (Å²) in [5, 5.41) is 6.87. The molecule has 3 atom stereocenters. The molecule has 254 valence electrons. The molecule has 2 aromatic rings. The lowest BCUT2D eigenvalue weighted by atomic mass is 10.0. The second-order valence-electron chi connectivity index (χ2n) is 11.3. The highest BCUT2D eigenvalue weighted by Crippen LogP contribution is 2.29. The molecular formula is C32H41FN6O8. The minimum atomic E-state index is -0.595. The number of pyridine rings is 1. The number of primary amides is 1. The van der Waals surface area contributed by atoms with Crippen LogP contribution in [0, 0.1) is 5.82 Å². The number of nitrogens with zero attached hydrogens (tertiary/aromatic N) is 4. The molecule has 0 saturated carbocycles. The van der Waals surface area contributed by atoms with Crippen LogP contribution >= 0.6 is 0 Å². The smallest absolute Gasteiger partial charge is 0.414 e. The Bertz CT molecular complexity index is 1420. The minimum Gasteiger partial charge on any atom is -0.461 e. The number of benzene rings is 1. The van der Waals surface area contributed by atoms with Crippen LogP contribution in [0.4, 0.5) is 14.9 Å². The number of hydrogen-bond donors (Lipinski definition) is 2. The fourth-order valence-corrected chi connectivity index (χ4v) is 5.41. The van der Waals surface area contributed by atoms with E-state index in [0.29, 0.717) is 67.2 Å². The third-order valence-corrected chi connectivity index (χ3v) is 7.66. The van der Waals surface area contributed by atoms with Crippen LogP contribution in [0.1, 0.15) is 45.2 Å². The number of aromatic nitrogens is 1. The second kappa shape index (κ2) is 17.3. The molecule has 3 unspecified atom stereocenters. The Hall–Kier alpha value is -4.63. The van der Waals surface area contributed by atoms with Crippen molar-refractivity contribution in [1.29, 1.82) is 0 Å². The Morgan fingerprint density at radius 3 is 2.64 bits per heavy atom. The quantitative estimate of drug-likeness (QED) is 0.255. The highest BCUT2D eigenvalue weighted by molar-refractivity contribution is 5.99. The number of cyclic esters (lactones) is 1. The number of rotatable bonds is 12. The Morgan fingerprint density at radius 1 is 1.21 bits per heavy atom. The zero-order chi connectivity index (χ0) is 33.8. The summed E-state index contributed by atoms with van der Waals surface area (Å²) in [6.45, 7) is 7.24. The van der Waals surface area contributed by atoms with Gasteiger partial charge in [-0.2, -0.15) is 0 Å². The number of carbonyl (C=O) groups is 4. The lowest BCUT2D eigenvalue weighted by molar-refractivity contribution is -0.152. The predicted octanol–water partition coefficient (Wildman–Crippen LogP) is 2.38. The fourth-order valence-electron chi connectivity index (χ4n) is 5.41. The molecule has 3 N–H and O–H groups in total. The summed E-state index contributed by atoms with van der Waals surface area (Å²) in [7, 11) is 0. The molecule has 3 amide bonds. The standard InChI is InChI=1S/C31H38FN5O7.CH3NO/c1-3-4-30(39)42-24(18-36-9-11-41-12-10-36)14-23-15-29(35-44-23)28-8-5-21(16-34-28)26-7-6-22(13-27(26)32)37-19-25(43-31(37)40)17-33-20(2)38;2-1-3/h5-8,13,16,23-25H,3-4,9-12,14-15,17-19H2,1-2H3,(H,33,38);1H,(H2,2,3). The Kier molecular flexibility index (Phi) is 13.0. The van der Waals surface area contributed by atoms with Crippen LogP contribution in [0.15, 0.2) is 41.7 Å². The van der Waals surface area contributed by atoms with Gasteiger partial charge < -0.3 is 30.1 Å². The number of anilines is 1. The molecule has 1 aromatic heterocycles. The van der Waals surface area contributed by atoms with Crippen molar-refractivity contribution in [3.05, 3.63) is 48.0 Å². The van der Waals surface area contributed by atoms with Crippen molar-refractivity contribution in [3.8, 4) is 11.1 Å². The summed E-state index contributed by atoms with van der Waals surface area (Å²) in [4.78, 5) is 58.1. The van der Waals surface area contributed by atoms with Crippen molar-refractivity contribution in [2.75, 3.05) is 50.8 Å². The monoisotopic (exact) mass is 656 g/mol. The molecule has 15 heteroatoms. The van der Waals surface area contributed by atoms with Gasteiger partial charge in [-0.3, -0.25) is 29.2 Å². The number of ether oxygens (including phenoxy) is 3. The van der Waals surface area contributed by atoms with Crippen LogP contribution in [0.5, 0.6) is 0 Å². The first-order chi connectivity index (χ1) is 22.7. The Labute approximate surface area is 272 Å². The van der Waals surface area contributed by atoms with E-state index in [4.69, 9.17) is 23.8 Å². The summed E-state index contributed by atoms with van der Waals surface area (Å²) in [6, 6.07) is 8.05. The van der Waals surface area contributed by atoms with E-state index in [1.54, 1.807) is 30.5 Å². The van der Waals surface area contributed by atoms with Crippen LogP contribution in [0.25, 0.3) is 11.1 Å². The normalized spacial score (nSPS) is 19.9. The number of hydrogen-bond acceptors (Lipinski definition) is 11. The van der Waals surface area contributed by atoms with E-state index < -0.39 is 18.0 Å². The van der Waals surface area contributed by atoms with Gasteiger partial charge in [0, 0.05) is 63.1 Å². The average Bonchev–Trinajstić information content (AvgIpc) is 3.67. The summed E-state index contributed by atoms with van der Waals surface area (Å²) >= 11 is 0. The second-order valence-corrected chi connectivity index (χ2v) is 11.3. The number of halogens is 1. The first kappa shape index (κ1) is 35.2. The number of esters is 1. The molecule has 14 nitrogen and oxygen atoms in total. The maximum atomic E-state index is 15.2. The van der Waals surface area contributed by atoms with E-state index in [1.807, 2.05) is 6.92 Å². The van der Waals surface area contributed by atoms with Gasteiger partial charge >= 0.3 is 12.1 Å². The van der Waals surface area contributed by atoms with E-state index in [9.17, 15) is 14.4 Å². The minimum absolute atomic E-state index is 0.189. The molecule has 0 bridgehead atoms. The number of amides is 3. The highest BCUT2D eigenvalue weighted by atomic mass is 19.1. The molecule has 0 spiro atoms. The van der Waals surface area contributed by atoms with Gasteiger partial charge in [0.25, 0.3) is 0 Å². The molecule has 2 saturated heterocycles. The molecule has 3 aliphatic heterocycles. The van der Waals surface area contributed by atoms with E-state index in [2.05, 4.69) is 26.1 Å². The van der Waals surface area contributed by atoms with Crippen molar-refractivity contribution < 1.29 is 42.6 Å². The lowest BCUT2D eigenvalue weighted by Gasteiger charge is -2.30. The maximum absolute atomic E-state index is 15.2. The summed E-state index contributed by atoms with van der Waals surface area (Å²) < 4.78 is 31.7. The number of nitrogens with one attached hydrogen (secondary N) is 1. The van der Waals surface area contributed by atoms with E-state index in [1.165, 1.54) is 17.9 Å². The average molecular weight is 657 g/mol. The van der Waals surface area contributed by atoms with Crippen LogP contribution < -0.4 is 16.0 Å². The number of morpholine rings is 1. The Balaban J connectivity index is 0.00000160. The van der Waals surface area contributed by atoms with Crippen molar-refractivity contribution in [1.82, 2.24) is 15.2 Å². The maximum Gasteiger partial charge on any atom is 0.414 e. The van der Waals surface area contributed by atoms with Crippen molar-refractivity contribution in [2.24, 2.45) is 10.9 Å². The summed E-state index contributed by atoms with van der Waals surface area (Å²) in [6.07, 6.45) is 2.25. The molecule has 2 fully saturated rings. The van der Waals surface area contributed by atoms with E-state index in [0.717, 1.165) is 19.5 Å². The van der Waals surface area contributed by atoms with Gasteiger partial charge in [-0.15, -0.1) is 0 Å². The third kappa shape index (κ3) is 10.2. The van der Waals surface area contributed by atoms with Crippen LogP contribution in [0.2, 0.25) is 0 Å². The number of carbonyl (C=O) groups excluding carboxylic acids is 4. The summed E-state index contributed by atoms with van der Waals surface area (Å²) in [5.74, 6) is -0.949. The van der Waals surface area contributed by atoms with Crippen molar-refractivity contribution >= 4 is 35.8 Å². The zero-order valence-corrected chi connectivity index (χ0v) is 26.6. The van der Waals surface area contributed by atoms with Gasteiger partial charge in [0.1, 0.15) is 29.8 Å². The largest absolute Gasteiger partial charge is 0.461 e. The van der Waals surface area contributed by atoms with Gasteiger partial charge in [-0.1, -0.05) is 18.1 Å². The van der Waals surface area contributed by atoms with Crippen LogP contribution in [0.3, 0.4) is 0 Å². The number of oxime groups is 1. The van der Waals surface area contributed by atoms with Gasteiger partial charge in [-0.05, 0) is 30.7 Å². The van der Waals surface area contributed by atoms with Gasteiger partial charge in [0.05, 0.1) is 37.7 Å². The molecular weight excluding hydrogens is 615 g/mol. The SMILES string of the molecule is CCCC(=O)OC(CC1CC(c2ccc(-c3ccc(N4CC(CNC(C)=O)OC4=O)cc3F)cn2)=NO1)CN1CCOCC1.NC=O. The van der Waals surface area contributed by atoms with Gasteiger partial charge in [0.15, 0.2) is 0 Å². The predicted molar refractivity (Wildman–Crippen MR) is 169 cm³/mol. The summed E-state index contributed by atoms with van der Waals surface area (Å²) in [5.41, 5.74) is 6.71. The molecule has 0 aliphatic carbocycles. The van der Waals surface area contributed by atoms with E-state index in [-0.39, 0.29) is 43.6 Å².